The molecule has 1 amide bonds. The second-order valence-corrected chi connectivity index (χ2v) is 7.03. The van der Waals surface area contributed by atoms with Crippen LogP contribution in [-0.2, 0) is 17.6 Å². The minimum Gasteiger partial charge on any atom is -0.442 e. The number of amides is 1. The van der Waals surface area contributed by atoms with Crippen molar-refractivity contribution >= 4 is 6.09 Å². The van der Waals surface area contributed by atoms with Crippen LogP contribution >= 0.6 is 0 Å². The molecule has 3 rings (SSSR count). The lowest BCUT2D eigenvalue weighted by atomic mass is 9.87. The van der Waals surface area contributed by atoms with Crippen LogP contribution in [0.3, 0.4) is 0 Å². The van der Waals surface area contributed by atoms with Gasteiger partial charge in [0, 0.05) is 0 Å². The Morgan fingerprint density at radius 3 is 2.54 bits per heavy atom. The van der Waals surface area contributed by atoms with E-state index in [2.05, 4.69) is 56.3 Å². The largest absolute Gasteiger partial charge is 0.442 e. The zero-order chi connectivity index (χ0) is 17.1. The molecule has 1 atom stereocenters. The van der Waals surface area contributed by atoms with Crippen LogP contribution in [0.4, 0.5) is 4.79 Å². The van der Waals surface area contributed by atoms with E-state index in [1.165, 1.54) is 22.3 Å². The average molecular weight is 323 g/mol. The van der Waals surface area contributed by atoms with E-state index in [9.17, 15) is 4.79 Å². The SMILES string of the molecule is CC(C)Cc1ccc(-c2ccc3c(c2)CCCC3OC(N)=O)cc1. The molecule has 1 unspecified atom stereocenters. The number of ether oxygens (including phenoxy) is 1. The Balaban J connectivity index is 1.84. The average Bonchev–Trinajstić information content (AvgIpc) is 2.54. The highest BCUT2D eigenvalue weighted by Gasteiger charge is 2.23. The molecule has 24 heavy (non-hydrogen) atoms. The maximum atomic E-state index is 11.1. The number of fused-ring (bicyclic) bond motifs is 1. The molecule has 0 radical (unpaired) electrons. The topological polar surface area (TPSA) is 52.3 Å². The fourth-order valence-corrected chi connectivity index (χ4v) is 3.52. The number of nitrogens with two attached hydrogens (primary N) is 1. The summed E-state index contributed by atoms with van der Waals surface area (Å²) < 4.78 is 5.25. The van der Waals surface area contributed by atoms with Crippen LogP contribution in [-0.4, -0.2) is 6.09 Å². The van der Waals surface area contributed by atoms with Gasteiger partial charge in [-0.2, -0.15) is 0 Å². The number of hydrogen-bond acceptors (Lipinski definition) is 2. The molecule has 2 aromatic rings. The summed E-state index contributed by atoms with van der Waals surface area (Å²) in [5.74, 6) is 0.668. The van der Waals surface area contributed by atoms with Gasteiger partial charge in [0.2, 0.25) is 0 Å². The Hall–Kier alpha value is -2.29. The first kappa shape index (κ1) is 16.6. The van der Waals surface area contributed by atoms with Gasteiger partial charge in [-0.05, 0) is 59.4 Å². The first-order valence-corrected chi connectivity index (χ1v) is 8.71. The van der Waals surface area contributed by atoms with Gasteiger partial charge in [-0.15, -0.1) is 0 Å². The molecule has 0 heterocycles. The Kier molecular flexibility index (Phi) is 4.89. The van der Waals surface area contributed by atoms with Crippen molar-refractivity contribution in [3.05, 3.63) is 59.2 Å². The molecule has 2 N–H and O–H groups in total. The number of primary amides is 1. The Bertz CT molecular complexity index is 719. The van der Waals surface area contributed by atoms with Gasteiger partial charge in [-0.1, -0.05) is 56.3 Å². The van der Waals surface area contributed by atoms with Crippen molar-refractivity contribution < 1.29 is 9.53 Å². The van der Waals surface area contributed by atoms with Crippen LogP contribution in [0.15, 0.2) is 42.5 Å². The van der Waals surface area contributed by atoms with Crippen molar-refractivity contribution in [2.24, 2.45) is 11.7 Å². The van der Waals surface area contributed by atoms with Crippen LogP contribution in [0.5, 0.6) is 0 Å². The molecule has 0 spiro atoms. The van der Waals surface area contributed by atoms with E-state index in [1.54, 1.807) is 0 Å². The summed E-state index contributed by atoms with van der Waals surface area (Å²) in [6, 6.07) is 15.2. The van der Waals surface area contributed by atoms with Gasteiger partial charge in [0.05, 0.1) is 0 Å². The lowest BCUT2D eigenvalue weighted by Crippen LogP contribution is -2.20. The fraction of sp³-hybridized carbons (Fsp3) is 0.381. The molecule has 1 aliphatic rings. The molecule has 0 fully saturated rings. The number of rotatable bonds is 4. The monoisotopic (exact) mass is 323 g/mol. The molecule has 126 valence electrons. The zero-order valence-corrected chi connectivity index (χ0v) is 14.4. The van der Waals surface area contributed by atoms with Crippen molar-refractivity contribution in [1.29, 1.82) is 0 Å². The van der Waals surface area contributed by atoms with Gasteiger partial charge in [0.15, 0.2) is 0 Å². The smallest absolute Gasteiger partial charge is 0.405 e. The molecule has 3 nitrogen and oxygen atoms in total. The number of carbonyl (C=O) groups excluding carboxylic acids is 1. The van der Waals surface area contributed by atoms with Crippen LogP contribution in [0.25, 0.3) is 11.1 Å². The van der Waals surface area contributed by atoms with Gasteiger partial charge in [-0.25, -0.2) is 4.79 Å². The lowest BCUT2D eigenvalue weighted by molar-refractivity contribution is 0.0959. The predicted octanol–water partition coefficient (Wildman–Crippen LogP) is 5.02. The number of benzene rings is 2. The predicted molar refractivity (Wildman–Crippen MR) is 96.8 cm³/mol. The molecular weight excluding hydrogens is 298 g/mol. The summed E-state index contributed by atoms with van der Waals surface area (Å²) in [5.41, 5.74) is 11.4. The van der Waals surface area contributed by atoms with Gasteiger partial charge < -0.3 is 10.5 Å². The molecular formula is C21H25NO2. The van der Waals surface area contributed by atoms with E-state index < -0.39 is 6.09 Å². The van der Waals surface area contributed by atoms with Crippen molar-refractivity contribution in [3.8, 4) is 11.1 Å². The second kappa shape index (κ2) is 7.08. The summed E-state index contributed by atoms with van der Waals surface area (Å²) >= 11 is 0. The van der Waals surface area contributed by atoms with Crippen LogP contribution < -0.4 is 5.73 Å². The molecule has 0 aromatic heterocycles. The highest BCUT2D eigenvalue weighted by molar-refractivity contribution is 5.67. The number of aryl methyl sites for hydroxylation is 1. The van der Waals surface area contributed by atoms with Crippen molar-refractivity contribution in [1.82, 2.24) is 0 Å². The molecule has 3 heteroatoms. The van der Waals surface area contributed by atoms with Gasteiger partial charge in [0.25, 0.3) is 0 Å². The Morgan fingerprint density at radius 1 is 1.17 bits per heavy atom. The summed E-state index contributed by atoms with van der Waals surface area (Å²) in [7, 11) is 0. The molecule has 1 aliphatic carbocycles. The number of carbonyl (C=O) groups is 1. The molecule has 0 aliphatic heterocycles. The molecule has 0 saturated carbocycles. The first-order valence-electron chi connectivity index (χ1n) is 8.71. The van der Waals surface area contributed by atoms with Crippen LogP contribution in [0, 0.1) is 5.92 Å². The van der Waals surface area contributed by atoms with Crippen LogP contribution in [0.2, 0.25) is 0 Å². The molecule has 0 bridgehead atoms. The third-order valence-corrected chi connectivity index (χ3v) is 4.59. The molecule has 2 aromatic carbocycles. The van der Waals surface area contributed by atoms with E-state index in [0.717, 1.165) is 31.2 Å². The summed E-state index contributed by atoms with van der Waals surface area (Å²) in [6.45, 7) is 4.48. The fourth-order valence-electron chi connectivity index (χ4n) is 3.52. The van der Waals surface area contributed by atoms with Gasteiger partial charge in [0.1, 0.15) is 6.10 Å². The van der Waals surface area contributed by atoms with Crippen molar-refractivity contribution in [3.63, 3.8) is 0 Å². The van der Waals surface area contributed by atoms with Crippen molar-refractivity contribution in [2.45, 2.75) is 45.6 Å². The van der Waals surface area contributed by atoms with E-state index in [0.29, 0.717) is 5.92 Å². The summed E-state index contributed by atoms with van der Waals surface area (Å²) in [4.78, 5) is 11.1. The summed E-state index contributed by atoms with van der Waals surface area (Å²) in [6.07, 6.45) is 3.09. The van der Waals surface area contributed by atoms with E-state index in [4.69, 9.17) is 10.5 Å². The number of hydrogen-bond donors (Lipinski definition) is 1. The van der Waals surface area contributed by atoms with Gasteiger partial charge in [-0.3, -0.25) is 0 Å². The molecule has 0 saturated heterocycles. The van der Waals surface area contributed by atoms with E-state index in [-0.39, 0.29) is 6.10 Å². The van der Waals surface area contributed by atoms with E-state index >= 15 is 0 Å². The quantitative estimate of drug-likeness (QED) is 0.858. The maximum absolute atomic E-state index is 11.1. The van der Waals surface area contributed by atoms with Crippen molar-refractivity contribution in [2.75, 3.05) is 0 Å². The normalized spacial score (nSPS) is 16.7. The minimum atomic E-state index is -0.697. The second-order valence-electron chi connectivity index (χ2n) is 7.03. The lowest BCUT2D eigenvalue weighted by Gasteiger charge is -2.25. The van der Waals surface area contributed by atoms with Gasteiger partial charge >= 0.3 is 6.09 Å². The Labute approximate surface area is 143 Å². The Morgan fingerprint density at radius 2 is 1.88 bits per heavy atom. The standard InChI is InChI=1S/C21H25NO2/c1-14(2)12-15-6-8-16(9-7-15)17-10-11-19-18(13-17)4-3-5-20(19)24-21(22)23/h6-11,13-14,20H,3-5,12H2,1-2H3,(H2,22,23). The minimum absolute atomic E-state index is 0.200. The maximum Gasteiger partial charge on any atom is 0.405 e. The van der Waals surface area contributed by atoms with E-state index in [1.807, 2.05) is 0 Å². The highest BCUT2D eigenvalue weighted by Crippen LogP contribution is 2.35. The highest BCUT2D eigenvalue weighted by atomic mass is 16.6. The summed E-state index contributed by atoms with van der Waals surface area (Å²) in [5, 5.41) is 0. The third-order valence-electron chi connectivity index (χ3n) is 4.59. The third kappa shape index (κ3) is 3.78. The zero-order valence-electron chi connectivity index (χ0n) is 14.4. The first-order chi connectivity index (χ1) is 11.5. The van der Waals surface area contributed by atoms with Crippen LogP contribution in [0.1, 0.15) is 49.5 Å².